The molecule has 1 amide bonds. The highest BCUT2D eigenvalue weighted by atomic mass is 19.1. The first-order chi connectivity index (χ1) is 10.2. The fourth-order valence-electron chi connectivity index (χ4n) is 1.99. The van der Waals surface area contributed by atoms with Crippen LogP contribution in [0.15, 0.2) is 54.6 Å². The summed E-state index contributed by atoms with van der Waals surface area (Å²) in [6.45, 7) is 1.22. The highest BCUT2D eigenvalue weighted by Gasteiger charge is 2.09. The van der Waals surface area contributed by atoms with Gasteiger partial charge in [0, 0.05) is 32.2 Å². The van der Waals surface area contributed by atoms with Crippen molar-refractivity contribution < 1.29 is 9.18 Å². The van der Waals surface area contributed by atoms with E-state index in [0.29, 0.717) is 19.5 Å². The van der Waals surface area contributed by atoms with Crippen LogP contribution >= 0.6 is 0 Å². The summed E-state index contributed by atoms with van der Waals surface area (Å²) < 4.78 is 12.8. The zero-order valence-corrected chi connectivity index (χ0v) is 12.1. The summed E-state index contributed by atoms with van der Waals surface area (Å²) in [4.78, 5) is 13.7. The van der Waals surface area contributed by atoms with E-state index in [2.05, 4.69) is 5.32 Å². The molecule has 0 fully saturated rings. The lowest BCUT2D eigenvalue weighted by atomic mass is 10.2. The molecular formula is C17H19FN2O. The molecule has 1 N–H and O–H groups in total. The lowest BCUT2D eigenvalue weighted by molar-refractivity contribution is -0.118. The van der Waals surface area contributed by atoms with Gasteiger partial charge >= 0.3 is 0 Å². The van der Waals surface area contributed by atoms with Gasteiger partial charge in [-0.1, -0.05) is 30.3 Å². The highest BCUT2D eigenvalue weighted by Crippen LogP contribution is 2.11. The minimum absolute atomic E-state index is 0.0628. The molecule has 0 bridgehead atoms. The first kappa shape index (κ1) is 15.2. The van der Waals surface area contributed by atoms with Gasteiger partial charge in [0.2, 0.25) is 5.91 Å². The minimum Gasteiger partial charge on any atom is -0.315 e. The van der Waals surface area contributed by atoms with Gasteiger partial charge < -0.3 is 10.2 Å². The lowest BCUT2D eigenvalue weighted by Crippen LogP contribution is -2.29. The standard InChI is InChI=1S/C17H19FN2O/c1-20(16-5-3-2-4-6-16)17(21)11-12-19-13-14-7-9-15(18)10-8-14/h2-10,19H,11-13H2,1H3. The molecule has 0 radical (unpaired) electrons. The second-order valence-corrected chi connectivity index (χ2v) is 4.84. The fourth-order valence-corrected chi connectivity index (χ4v) is 1.99. The lowest BCUT2D eigenvalue weighted by Gasteiger charge is -2.17. The van der Waals surface area contributed by atoms with E-state index in [4.69, 9.17) is 0 Å². The van der Waals surface area contributed by atoms with Crippen LogP contribution in [0.5, 0.6) is 0 Å². The molecule has 0 heterocycles. The molecule has 0 saturated heterocycles. The second kappa shape index (κ2) is 7.55. The number of hydrogen-bond acceptors (Lipinski definition) is 2. The zero-order valence-electron chi connectivity index (χ0n) is 12.1. The number of benzene rings is 2. The number of halogens is 1. The molecule has 110 valence electrons. The maximum atomic E-state index is 12.8. The summed E-state index contributed by atoms with van der Waals surface area (Å²) in [7, 11) is 1.78. The quantitative estimate of drug-likeness (QED) is 0.828. The van der Waals surface area contributed by atoms with E-state index in [0.717, 1.165) is 11.3 Å². The molecular weight excluding hydrogens is 267 g/mol. The van der Waals surface area contributed by atoms with Crippen LogP contribution in [0, 0.1) is 5.82 Å². The fraction of sp³-hybridized carbons (Fsp3) is 0.235. The van der Waals surface area contributed by atoms with Crippen LogP contribution in [-0.2, 0) is 11.3 Å². The van der Waals surface area contributed by atoms with Crippen molar-refractivity contribution in [3.8, 4) is 0 Å². The third-order valence-corrected chi connectivity index (χ3v) is 3.28. The van der Waals surface area contributed by atoms with E-state index in [1.807, 2.05) is 30.3 Å². The Labute approximate surface area is 124 Å². The Morgan fingerprint density at radius 2 is 1.76 bits per heavy atom. The Hall–Kier alpha value is -2.20. The molecule has 21 heavy (non-hydrogen) atoms. The van der Waals surface area contributed by atoms with E-state index < -0.39 is 0 Å². The van der Waals surface area contributed by atoms with Gasteiger partial charge in [0.05, 0.1) is 0 Å². The monoisotopic (exact) mass is 286 g/mol. The largest absolute Gasteiger partial charge is 0.315 e. The van der Waals surface area contributed by atoms with Gasteiger partial charge in [-0.15, -0.1) is 0 Å². The van der Waals surface area contributed by atoms with E-state index in [1.165, 1.54) is 12.1 Å². The molecule has 0 aliphatic carbocycles. The number of anilines is 1. The highest BCUT2D eigenvalue weighted by molar-refractivity contribution is 5.92. The summed E-state index contributed by atoms with van der Waals surface area (Å²) in [6.07, 6.45) is 0.423. The molecule has 3 nitrogen and oxygen atoms in total. The Morgan fingerprint density at radius 3 is 2.43 bits per heavy atom. The zero-order chi connectivity index (χ0) is 15.1. The second-order valence-electron chi connectivity index (χ2n) is 4.84. The Bertz CT molecular complexity index is 569. The van der Waals surface area contributed by atoms with Crippen molar-refractivity contribution in [3.05, 3.63) is 66.0 Å². The average molecular weight is 286 g/mol. The summed E-state index contributed by atoms with van der Waals surface area (Å²) in [5.74, 6) is -0.175. The van der Waals surface area contributed by atoms with Gasteiger partial charge in [0.1, 0.15) is 5.82 Å². The van der Waals surface area contributed by atoms with Crippen LogP contribution in [0.25, 0.3) is 0 Å². The SMILES string of the molecule is CN(C(=O)CCNCc1ccc(F)cc1)c1ccccc1. The number of amides is 1. The minimum atomic E-state index is -0.238. The Morgan fingerprint density at radius 1 is 1.10 bits per heavy atom. The van der Waals surface area contributed by atoms with Crippen molar-refractivity contribution in [2.45, 2.75) is 13.0 Å². The molecule has 4 heteroatoms. The van der Waals surface area contributed by atoms with Crippen LogP contribution in [0.4, 0.5) is 10.1 Å². The number of para-hydroxylation sites is 1. The predicted octanol–water partition coefficient (Wildman–Crippen LogP) is 2.97. The number of hydrogen-bond donors (Lipinski definition) is 1. The van der Waals surface area contributed by atoms with Gasteiger partial charge in [0.15, 0.2) is 0 Å². The molecule has 0 aliphatic rings. The molecule has 0 atom stereocenters. The van der Waals surface area contributed by atoms with Crippen molar-refractivity contribution in [1.82, 2.24) is 5.32 Å². The van der Waals surface area contributed by atoms with E-state index in [-0.39, 0.29) is 11.7 Å². The molecule has 0 aromatic heterocycles. The van der Waals surface area contributed by atoms with E-state index in [9.17, 15) is 9.18 Å². The normalized spacial score (nSPS) is 10.4. The Kier molecular flexibility index (Phi) is 5.46. The average Bonchev–Trinajstić information content (AvgIpc) is 2.53. The topological polar surface area (TPSA) is 32.3 Å². The van der Waals surface area contributed by atoms with Crippen molar-refractivity contribution in [3.63, 3.8) is 0 Å². The third-order valence-electron chi connectivity index (χ3n) is 3.28. The number of rotatable bonds is 6. The molecule has 2 aromatic rings. The number of nitrogens with one attached hydrogen (secondary N) is 1. The number of nitrogens with zero attached hydrogens (tertiary/aromatic N) is 1. The third kappa shape index (κ3) is 4.68. The first-order valence-electron chi connectivity index (χ1n) is 6.93. The van der Waals surface area contributed by atoms with Crippen molar-refractivity contribution in [2.24, 2.45) is 0 Å². The van der Waals surface area contributed by atoms with Gasteiger partial charge in [-0.2, -0.15) is 0 Å². The summed E-state index contributed by atoms with van der Waals surface area (Å²) in [6, 6.07) is 15.9. The van der Waals surface area contributed by atoms with E-state index in [1.54, 1.807) is 24.1 Å². The summed E-state index contributed by atoms with van der Waals surface area (Å²) in [5.41, 5.74) is 1.89. The molecule has 0 aliphatic heterocycles. The van der Waals surface area contributed by atoms with Crippen LogP contribution in [0.1, 0.15) is 12.0 Å². The number of carbonyl (C=O) groups excluding carboxylic acids is 1. The predicted molar refractivity (Wildman–Crippen MR) is 82.6 cm³/mol. The van der Waals surface area contributed by atoms with Crippen LogP contribution in [0.2, 0.25) is 0 Å². The molecule has 2 rings (SSSR count). The van der Waals surface area contributed by atoms with Gasteiger partial charge in [-0.05, 0) is 29.8 Å². The molecule has 0 spiro atoms. The van der Waals surface area contributed by atoms with Crippen molar-refractivity contribution in [2.75, 3.05) is 18.5 Å². The number of carbonyl (C=O) groups is 1. The van der Waals surface area contributed by atoms with Gasteiger partial charge in [-0.25, -0.2) is 4.39 Å². The first-order valence-corrected chi connectivity index (χ1v) is 6.93. The van der Waals surface area contributed by atoms with E-state index >= 15 is 0 Å². The molecule has 2 aromatic carbocycles. The van der Waals surface area contributed by atoms with Gasteiger partial charge in [-0.3, -0.25) is 4.79 Å². The molecule has 0 saturated carbocycles. The van der Waals surface area contributed by atoms with Crippen molar-refractivity contribution >= 4 is 11.6 Å². The summed E-state index contributed by atoms with van der Waals surface area (Å²) >= 11 is 0. The van der Waals surface area contributed by atoms with Crippen LogP contribution < -0.4 is 10.2 Å². The maximum absolute atomic E-state index is 12.8. The van der Waals surface area contributed by atoms with Crippen molar-refractivity contribution in [1.29, 1.82) is 0 Å². The summed E-state index contributed by atoms with van der Waals surface area (Å²) in [5, 5.41) is 3.19. The maximum Gasteiger partial charge on any atom is 0.227 e. The van der Waals surface area contributed by atoms with Crippen LogP contribution in [0.3, 0.4) is 0 Å². The van der Waals surface area contributed by atoms with Crippen LogP contribution in [-0.4, -0.2) is 19.5 Å². The Balaban J connectivity index is 1.73. The smallest absolute Gasteiger partial charge is 0.227 e. The molecule has 0 unspecified atom stereocenters. The van der Waals surface area contributed by atoms with Gasteiger partial charge in [0.25, 0.3) is 0 Å².